The van der Waals surface area contributed by atoms with E-state index in [0.29, 0.717) is 13.0 Å². The van der Waals surface area contributed by atoms with E-state index in [1.807, 2.05) is 0 Å². The van der Waals surface area contributed by atoms with Crippen LogP contribution in [0.2, 0.25) is 0 Å². The van der Waals surface area contributed by atoms with Gasteiger partial charge in [0.2, 0.25) is 0 Å². The summed E-state index contributed by atoms with van der Waals surface area (Å²) in [7, 11) is 3.85. The summed E-state index contributed by atoms with van der Waals surface area (Å²) < 4.78 is 11.6. The molecule has 2 aliphatic rings. The Morgan fingerprint density at radius 2 is 2.08 bits per heavy atom. The fraction of sp³-hybridized carbons (Fsp3) is 0.571. The molecule has 1 spiro atoms. The summed E-state index contributed by atoms with van der Waals surface area (Å²) in [6.07, 6.45) is 8.58. The highest BCUT2D eigenvalue weighted by Crippen LogP contribution is 2.45. The van der Waals surface area contributed by atoms with Crippen LogP contribution in [0.25, 0.3) is 0 Å². The van der Waals surface area contributed by atoms with Crippen LogP contribution in [0.1, 0.15) is 50.2 Å². The standard InChI is InChI=1S/C21H29NO3/c1-4-5-12-25-20-14-18-16(13-19(20)24-3)15-22(2)11-10-21(18)8-6-17(23)7-9-21/h6,8,13-14H,4-5,7,9-12,15H2,1-3H3/t21-/m0/s1. The third-order valence-electron chi connectivity index (χ3n) is 5.47. The number of carbonyl (C=O) groups excluding carboxylic acids is 1. The maximum absolute atomic E-state index is 11.8. The van der Waals surface area contributed by atoms with E-state index < -0.39 is 0 Å². The molecule has 0 fully saturated rings. The number of benzene rings is 1. The summed E-state index contributed by atoms with van der Waals surface area (Å²) in [6, 6.07) is 4.30. The third-order valence-corrected chi connectivity index (χ3v) is 5.47. The van der Waals surface area contributed by atoms with E-state index in [9.17, 15) is 4.79 Å². The first-order valence-corrected chi connectivity index (χ1v) is 9.33. The van der Waals surface area contributed by atoms with Crippen molar-refractivity contribution in [3.63, 3.8) is 0 Å². The van der Waals surface area contributed by atoms with E-state index in [2.05, 4.69) is 37.1 Å². The smallest absolute Gasteiger partial charge is 0.161 e. The van der Waals surface area contributed by atoms with Crippen molar-refractivity contribution in [2.45, 2.75) is 51.0 Å². The van der Waals surface area contributed by atoms with E-state index in [4.69, 9.17) is 9.47 Å². The number of methoxy groups -OCH3 is 1. The number of ether oxygens (including phenoxy) is 2. The summed E-state index contributed by atoms with van der Waals surface area (Å²) in [4.78, 5) is 14.1. The lowest BCUT2D eigenvalue weighted by Gasteiger charge is -2.34. The quantitative estimate of drug-likeness (QED) is 0.761. The van der Waals surface area contributed by atoms with Crippen molar-refractivity contribution >= 4 is 5.78 Å². The maximum atomic E-state index is 11.8. The van der Waals surface area contributed by atoms with E-state index >= 15 is 0 Å². The van der Waals surface area contributed by atoms with E-state index in [0.717, 1.165) is 50.3 Å². The van der Waals surface area contributed by atoms with Crippen LogP contribution in [0.3, 0.4) is 0 Å². The Hall–Kier alpha value is -1.81. The first-order chi connectivity index (χ1) is 12.1. The lowest BCUT2D eigenvalue weighted by Crippen LogP contribution is -2.30. The molecule has 1 aliphatic heterocycles. The summed E-state index contributed by atoms with van der Waals surface area (Å²) in [6.45, 7) is 4.77. The topological polar surface area (TPSA) is 38.8 Å². The summed E-state index contributed by atoms with van der Waals surface area (Å²) in [5, 5.41) is 0. The predicted molar refractivity (Wildman–Crippen MR) is 99.4 cm³/mol. The molecule has 1 heterocycles. The van der Waals surface area contributed by atoms with Crippen molar-refractivity contribution in [3.05, 3.63) is 35.4 Å². The van der Waals surface area contributed by atoms with Gasteiger partial charge in [-0.1, -0.05) is 19.4 Å². The fourth-order valence-electron chi connectivity index (χ4n) is 3.89. The molecule has 136 valence electrons. The van der Waals surface area contributed by atoms with Gasteiger partial charge < -0.3 is 14.4 Å². The minimum atomic E-state index is -0.0663. The Morgan fingerprint density at radius 3 is 2.76 bits per heavy atom. The molecule has 1 atom stereocenters. The molecule has 0 N–H and O–H groups in total. The first-order valence-electron chi connectivity index (χ1n) is 9.33. The average molecular weight is 343 g/mol. The summed E-state index contributed by atoms with van der Waals surface area (Å²) in [5.41, 5.74) is 2.51. The van der Waals surface area contributed by atoms with Crippen molar-refractivity contribution < 1.29 is 14.3 Å². The Bertz CT molecular complexity index is 667. The molecule has 0 bridgehead atoms. The zero-order valence-electron chi connectivity index (χ0n) is 15.6. The predicted octanol–water partition coefficient (Wildman–Crippen LogP) is 3.87. The summed E-state index contributed by atoms with van der Waals surface area (Å²) >= 11 is 0. The Balaban J connectivity index is 2.05. The van der Waals surface area contributed by atoms with Gasteiger partial charge in [-0.2, -0.15) is 0 Å². The van der Waals surface area contributed by atoms with Gasteiger partial charge in [-0.25, -0.2) is 0 Å². The number of unbranched alkanes of at least 4 members (excludes halogenated alkanes) is 1. The van der Waals surface area contributed by atoms with Crippen LogP contribution in [-0.4, -0.2) is 38.0 Å². The first kappa shape index (κ1) is 18.0. The molecule has 0 radical (unpaired) electrons. The Morgan fingerprint density at radius 1 is 1.24 bits per heavy atom. The molecule has 0 amide bonds. The molecular weight excluding hydrogens is 314 g/mol. The Kier molecular flexibility index (Phi) is 5.48. The largest absolute Gasteiger partial charge is 0.493 e. The molecule has 0 saturated carbocycles. The monoisotopic (exact) mass is 343 g/mol. The Labute approximate surface area is 150 Å². The van der Waals surface area contributed by atoms with E-state index in [1.54, 1.807) is 13.2 Å². The molecule has 1 aliphatic carbocycles. The number of fused-ring (bicyclic) bond motifs is 2. The number of ketones is 1. The van der Waals surface area contributed by atoms with Gasteiger partial charge in [-0.3, -0.25) is 4.79 Å². The van der Waals surface area contributed by atoms with Gasteiger partial charge in [0.15, 0.2) is 17.3 Å². The lowest BCUT2D eigenvalue weighted by atomic mass is 9.70. The third kappa shape index (κ3) is 3.74. The normalized spacial score (nSPS) is 23.4. The van der Waals surface area contributed by atoms with Crippen LogP contribution in [0.15, 0.2) is 24.3 Å². The highest BCUT2D eigenvalue weighted by molar-refractivity contribution is 5.91. The molecule has 3 rings (SSSR count). The molecule has 4 nitrogen and oxygen atoms in total. The van der Waals surface area contributed by atoms with Crippen molar-refractivity contribution in [2.24, 2.45) is 0 Å². The molecule has 0 saturated heterocycles. The van der Waals surface area contributed by atoms with Gasteiger partial charge in [0, 0.05) is 18.4 Å². The highest BCUT2D eigenvalue weighted by Gasteiger charge is 2.37. The number of nitrogens with zero attached hydrogens (tertiary/aromatic N) is 1. The molecule has 4 heteroatoms. The van der Waals surface area contributed by atoms with Crippen molar-refractivity contribution in [1.82, 2.24) is 4.90 Å². The maximum Gasteiger partial charge on any atom is 0.161 e. The van der Waals surface area contributed by atoms with Gasteiger partial charge >= 0.3 is 0 Å². The van der Waals surface area contributed by atoms with Crippen LogP contribution in [0.4, 0.5) is 0 Å². The SMILES string of the molecule is CCCCOc1cc2c(cc1OC)CN(C)CC[C@@]21C=CC(=O)CC1. The molecular formula is C21H29NO3. The number of hydrogen-bond acceptors (Lipinski definition) is 4. The number of hydrogen-bond donors (Lipinski definition) is 0. The van der Waals surface area contributed by atoms with Crippen molar-refractivity contribution in [2.75, 3.05) is 27.3 Å². The number of carbonyl (C=O) groups is 1. The number of allylic oxidation sites excluding steroid dienone is 2. The van der Waals surface area contributed by atoms with E-state index in [1.165, 1.54) is 11.1 Å². The lowest BCUT2D eigenvalue weighted by molar-refractivity contribution is -0.115. The van der Waals surface area contributed by atoms with Gasteiger partial charge in [0.25, 0.3) is 0 Å². The average Bonchev–Trinajstić information content (AvgIpc) is 2.74. The molecule has 25 heavy (non-hydrogen) atoms. The van der Waals surface area contributed by atoms with Crippen LogP contribution < -0.4 is 9.47 Å². The molecule has 0 unspecified atom stereocenters. The zero-order chi connectivity index (χ0) is 17.9. The number of rotatable bonds is 5. The minimum absolute atomic E-state index is 0.0663. The minimum Gasteiger partial charge on any atom is -0.493 e. The molecule has 1 aromatic rings. The zero-order valence-corrected chi connectivity index (χ0v) is 15.6. The van der Waals surface area contributed by atoms with Gasteiger partial charge in [-0.15, -0.1) is 0 Å². The van der Waals surface area contributed by atoms with Crippen LogP contribution in [0.5, 0.6) is 11.5 Å². The second kappa shape index (κ2) is 7.61. The van der Waals surface area contributed by atoms with E-state index in [-0.39, 0.29) is 11.2 Å². The van der Waals surface area contributed by atoms with Gasteiger partial charge in [0.1, 0.15) is 0 Å². The van der Waals surface area contributed by atoms with Crippen molar-refractivity contribution in [1.29, 1.82) is 0 Å². The van der Waals surface area contributed by atoms with Crippen LogP contribution >= 0.6 is 0 Å². The second-order valence-corrected chi connectivity index (χ2v) is 7.31. The van der Waals surface area contributed by atoms with Gasteiger partial charge in [-0.05, 0) is 62.2 Å². The van der Waals surface area contributed by atoms with Crippen LogP contribution in [0, 0.1) is 0 Å². The molecule has 0 aromatic heterocycles. The van der Waals surface area contributed by atoms with Crippen LogP contribution in [-0.2, 0) is 16.8 Å². The fourth-order valence-corrected chi connectivity index (χ4v) is 3.89. The second-order valence-electron chi connectivity index (χ2n) is 7.31. The summed E-state index contributed by atoms with van der Waals surface area (Å²) in [5.74, 6) is 1.86. The highest BCUT2D eigenvalue weighted by atomic mass is 16.5. The van der Waals surface area contributed by atoms with Crippen molar-refractivity contribution in [3.8, 4) is 11.5 Å². The molecule has 1 aromatic carbocycles. The van der Waals surface area contributed by atoms with Gasteiger partial charge in [0.05, 0.1) is 13.7 Å².